The van der Waals surface area contributed by atoms with Crippen molar-refractivity contribution in [1.29, 1.82) is 0 Å². The number of thioether (sulfide) groups is 1. The Morgan fingerprint density at radius 1 is 0.976 bits per heavy atom. The Kier molecular flexibility index (Phi) is 11.4. The number of carbonyl (C=O) groups excluding carboxylic acids is 1. The van der Waals surface area contributed by atoms with Crippen LogP contribution < -0.4 is 10.9 Å². The van der Waals surface area contributed by atoms with Gasteiger partial charge < -0.3 is 15.0 Å². The molecule has 2 aromatic heterocycles. The van der Waals surface area contributed by atoms with E-state index in [0.717, 1.165) is 48.4 Å². The van der Waals surface area contributed by atoms with Gasteiger partial charge in [0.15, 0.2) is 5.16 Å². The number of aliphatic carboxylic acids is 1. The number of nitrogens with zero attached hydrogens (tertiary/aromatic N) is 5. The van der Waals surface area contributed by atoms with Gasteiger partial charge in [-0.1, -0.05) is 72.4 Å². The highest BCUT2D eigenvalue weighted by Crippen LogP contribution is 2.26. The van der Waals surface area contributed by atoms with Gasteiger partial charge in [0.05, 0.1) is 41.2 Å². The lowest BCUT2D eigenvalue weighted by Gasteiger charge is -2.10. The molecular formula is C29H32Cl2N6O4S. The Labute approximate surface area is 257 Å². The van der Waals surface area contributed by atoms with Crippen molar-refractivity contribution in [2.75, 3.05) is 11.1 Å². The number of benzene rings is 2. The summed E-state index contributed by atoms with van der Waals surface area (Å²) in [6, 6.07) is 12.2. The zero-order chi connectivity index (χ0) is 30.1. The summed E-state index contributed by atoms with van der Waals surface area (Å²) < 4.78 is 3.15. The highest BCUT2D eigenvalue weighted by Gasteiger charge is 2.16. The molecule has 0 saturated carbocycles. The van der Waals surface area contributed by atoms with Gasteiger partial charge in [-0.05, 0) is 37.1 Å². The molecule has 0 aliphatic heterocycles. The number of halogens is 2. The van der Waals surface area contributed by atoms with Gasteiger partial charge in [0.25, 0.3) is 5.56 Å². The lowest BCUT2D eigenvalue weighted by atomic mass is 10.1. The molecule has 2 N–H and O–H groups in total. The van der Waals surface area contributed by atoms with E-state index < -0.39 is 5.97 Å². The zero-order valence-electron chi connectivity index (χ0n) is 23.2. The van der Waals surface area contributed by atoms with Crippen LogP contribution in [0.5, 0.6) is 0 Å². The number of anilines is 1. The molecule has 4 rings (SSSR count). The van der Waals surface area contributed by atoms with Crippen molar-refractivity contribution in [3.63, 3.8) is 0 Å². The fourth-order valence-electron chi connectivity index (χ4n) is 4.45. The average molecular weight is 632 g/mol. The summed E-state index contributed by atoms with van der Waals surface area (Å²) in [5, 5.41) is 28.0. The van der Waals surface area contributed by atoms with Crippen molar-refractivity contribution in [3.05, 3.63) is 74.4 Å². The third-order valence-corrected chi connectivity index (χ3v) is 8.37. The van der Waals surface area contributed by atoms with Gasteiger partial charge in [-0.2, -0.15) is 5.10 Å². The summed E-state index contributed by atoms with van der Waals surface area (Å²) in [6.07, 6.45) is 5.49. The van der Waals surface area contributed by atoms with Gasteiger partial charge in [-0.3, -0.25) is 14.4 Å². The van der Waals surface area contributed by atoms with Gasteiger partial charge in [0.2, 0.25) is 5.91 Å². The minimum atomic E-state index is -0.989. The van der Waals surface area contributed by atoms with Crippen LogP contribution in [0.4, 0.5) is 5.69 Å². The van der Waals surface area contributed by atoms with Crippen molar-refractivity contribution in [2.45, 2.75) is 63.1 Å². The van der Waals surface area contributed by atoms with Crippen LogP contribution in [0.3, 0.4) is 0 Å². The van der Waals surface area contributed by atoms with Crippen LogP contribution in [0.15, 0.2) is 52.4 Å². The van der Waals surface area contributed by atoms with E-state index >= 15 is 0 Å². The van der Waals surface area contributed by atoms with Crippen LogP contribution >= 0.6 is 35.0 Å². The fraction of sp³-hybridized carbons (Fsp3) is 0.379. The maximum atomic E-state index is 12.8. The SMILES string of the molecule is Cn1c(Cc2nn(CCC(=O)O)c(=O)c3ccccc23)nnc1SCCCCCCCC(=O)Nc1ccc(Cl)cc1Cl. The molecule has 2 aromatic carbocycles. The van der Waals surface area contributed by atoms with E-state index in [-0.39, 0.29) is 24.4 Å². The van der Waals surface area contributed by atoms with Crippen LogP contribution in [-0.4, -0.2) is 47.3 Å². The highest BCUT2D eigenvalue weighted by molar-refractivity contribution is 7.99. The summed E-state index contributed by atoms with van der Waals surface area (Å²) >= 11 is 13.6. The van der Waals surface area contributed by atoms with Gasteiger partial charge >= 0.3 is 5.97 Å². The third kappa shape index (κ3) is 8.56. The lowest BCUT2D eigenvalue weighted by molar-refractivity contribution is -0.137. The fourth-order valence-corrected chi connectivity index (χ4v) is 5.83. The second-order valence-corrected chi connectivity index (χ2v) is 11.7. The minimum absolute atomic E-state index is 0.00259. The van der Waals surface area contributed by atoms with Gasteiger partial charge in [0.1, 0.15) is 5.82 Å². The molecule has 0 radical (unpaired) electrons. The highest BCUT2D eigenvalue weighted by atomic mass is 35.5. The number of carboxylic acid groups (broad SMARTS) is 1. The third-order valence-electron chi connectivity index (χ3n) is 6.72. The monoisotopic (exact) mass is 630 g/mol. The summed E-state index contributed by atoms with van der Waals surface area (Å²) in [4.78, 5) is 36.0. The molecular weight excluding hydrogens is 599 g/mol. The smallest absolute Gasteiger partial charge is 0.305 e. The van der Waals surface area contributed by atoms with Crippen molar-refractivity contribution in [3.8, 4) is 0 Å². The second-order valence-electron chi connectivity index (χ2n) is 9.84. The van der Waals surface area contributed by atoms with Crippen molar-refractivity contribution in [2.24, 2.45) is 7.05 Å². The minimum Gasteiger partial charge on any atom is -0.481 e. The first-order valence-electron chi connectivity index (χ1n) is 13.7. The Balaban J connectivity index is 1.22. The van der Waals surface area contributed by atoms with Gasteiger partial charge in [0, 0.05) is 29.6 Å². The van der Waals surface area contributed by atoms with Crippen LogP contribution in [0.25, 0.3) is 10.8 Å². The number of amides is 1. The largest absolute Gasteiger partial charge is 0.481 e. The Bertz CT molecular complexity index is 1620. The number of unbranched alkanes of at least 4 members (excludes halogenated alkanes) is 4. The van der Waals surface area contributed by atoms with Crippen LogP contribution in [0, 0.1) is 0 Å². The van der Waals surface area contributed by atoms with E-state index in [1.54, 1.807) is 42.1 Å². The van der Waals surface area contributed by atoms with Crippen molar-refractivity contribution < 1.29 is 14.7 Å². The predicted molar refractivity (Wildman–Crippen MR) is 166 cm³/mol. The molecule has 42 heavy (non-hydrogen) atoms. The summed E-state index contributed by atoms with van der Waals surface area (Å²) in [7, 11) is 1.91. The second kappa shape index (κ2) is 15.2. The number of nitrogens with one attached hydrogen (secondary N) is 1. The van der Waals surface area contributed by atoms with Gasteiger partial charge in [-0.15, -0.1) is 10.2 Å². The molecule has 4 aromatic rings. The van der Waals surface area contributed by atoms with E-state index in [0.29, 0.717) is 45.5 Å². The zero-order valence-corrected chi connectivity index (χ0v) is 25.5. The predicted octanol–water partition coefficient (Wildman–Crippen LogP) is 5.97. The molecule has 2 heterocycles. The molecule has 1 amide bonds. The number of fused-ring (bicyclic) bond motifs is 1. The van der Waals surface area contributed by atoms with Crippen molar-refractivity contribution in [1.82, 2.24) is 24.5 Å². The Morgan fingerprint density at radius 2 is 1.71 bits per heavy atom. The molecule has 222 valence electrons. The summed E-state index contributed by atoms with van der Waals surface area (Å²) in [6.45, 7) is -0.00259. The first kappa shape index (κ1) is 31.5. The van der Waals surface area contributed by atoms with E-state index in [9.17, 15) is 14.4 Å². The average Bonchev–Trinajstić information content (AvgIpc) is 3.30. The first-order chi connectivity index (χ1) is 20.2. The van der Waals surface area contributed by atoms with Crippen LogP contribution in [0.2, 0.25) is 10.0 Å². The normalized spacial score (nSPS) is 11.2. The summed E-state index contributed by atoms with van der Waals surface area (Å²) in [5.74, 6) is 0.548. The van der Waals surface area contributed by atoms with E-state index in [1.807, 2.05) is 23.7 Å². The number of aryl methyl sites for hydroxylation is 1. The molecule has 0 unspecified atom stereocenters. The number of rotatable bonds is 15. The van der Waals surface area contributed by atoms with E-state index in [1.165, 1.54) is 4.68 Å². The number of aromatic nitrogens is 5. The lowest BCUT2D eigenvalue weighted by Crippen LogP contribution is -2.26. The Hall–Kier alpha value is -3.41. The number of carbonyl (C=O) groups is 2. The molecule has 0 aliphatic carbocycles. The standard InChI is InChI=1S/C29H32Cl2N6O4S/c1-36-25(18-24-20-9-6-7-10-21(20)28(41)37(35-24)15-14-27(39)40)33-34-29(36)42-16-8-4-2-3-5-11-26(38)32-23-13-12-19(30)17-22(23)31/h6-7,9-10,12-13,17H,2-5,8,11,14-16,18H2,1H3,(H,32,38)(H,39,40). The van der Waals surface area contributed by atoms with Crippen molar-refractivity contribution >= 4 is 63.3 Å². The van der Waals surface area contributed by atoms with Gasteiger partial charge in [-0.25, -0.2) is 4.68 Å². The molecule has 0 bridgehead atoms. The number of carboxylic acids is 1. The number of hydrogen-bond acceptors (Lipinski definition) is 7. The quantitative estimate of drug-likeness (QED) is 0.121. The van der Waals surface area contributed by atoms with E-state index in [4.69, 9.17) is 28.3 Å². The maximum Gasteiger partial charge on any atom is 0.305 e. The molecule has 0 aliphatic rings. The molecule has 0 fully saturated rings. The molecule has 0 spiro atoms. The van der Waals surface area contributed by atoms with Crippen LogP contribution in [-0.2, 0) is 29.6 Å². The molecule has 13 heteroatoms. The van der Waals surface area contributed by atoms with E-state index in [2.05, 4.69) is 20.6 Å². The maximum absolute atomic E-state index is 12.8. The molecule has 0 saturated heterocycles. The summed E-state index contributed by atoms with van der Waals surface area (Å²) in [5.41, 5.74) is 0.905. The topological polar surface area (TPSA) is 132 Å². The molecule has 0 atom stereocenters. The molecule has 10 nitrogen and oxygen atoms in total. The van der Waals surface area contributed by atoms with Crippen LogP contribution in [0.1, 0.15) is 56.5 Å². The number of hydrogen-bond donors (Lipinski definition) is 2. The first-order valence-corrected chi connectivity index (χ1v) is 15.4. The Morgan fingerprint density at radius 3 is 2.48 bits per heavy atom.